The van der Waals surface area contributed by atoms with E-state index in [9.17, 15) is 0 Å². The van der Waals surface area contributed by atoms with Crippen LogP contribution in [-0.4, -0.2) is 13.1 Å². The minimum Gasteiger partial charge on any atom is -0.372 e. The predicted molar refractivity (Wildman–Crippen MR) is 74.3 cm³/mol. The Balaban J connectivity index is 2.06. The van der Waals surface area contributed by atoms with Crippen LogP contribution in [-0.2, 0) is 0 Å². The Bertz CT molecular complexity index is 354. The summed E-state index contributed by atoms with van der Waals surface area (Å²) in [6.45, 7) is 4.45. The van der Waals surface area contributed by atoms with Gasteiger partial charge in [0.1, 0.15) is 0 Å². The maximum Gasteiger partial charge on any atom is 0.0366 e. The molecule has 1 fully saturated rings. The molecule has 2 N–H and O–H groups in total. The Morgan fingerprint density at radius 3 is 2.35 bits per heavy atom. The Hall–Kier alpha value is -1.02. The topological polar surface area (TPSA) is 29.3 Å². The largest absolute Gasteiger partial charge is 0.372 e. The van der Waals surface area contributed by atoms with Crippen LogP contribution in [0.25, 0.3) is 0 Å². The van der Waals surface area contributed by atoms with Crippen molar-refractivity contribution in [1.82, 2.24) is 0 Å². The van der Waals surface area contributed by atoms with Gasteiger partial charge in [0.25, 0.3) is 0 Å². The van der Waals surface area contributed by atoms with Gasteiger partial charge < -0.3 is 10.6 Å². The van der Waals surface area contributed by atoms with Gasteiger partial charge in [0.2, 0.25) is 0 Å². The molecule has 0 spiro atoms. The zero-order chi connectivity index (χ0) is 12.4. The van der Waals surface area contributed by atoms with E-state index in [4.69, 9.17) is 5.73 Å². The zero-order valence-corrected chi connectivity index (χ0v) is 11.2. The highest BCUT2D eigenvalue weighted by molar-refractivity contribution is 5.48. The van der Waals surface area contributed by atoms with Crippen molar-refractivity contribution in [2.75, 3.05) is 11.9 Å². The second kappa shape index (κ2) is 5.09. The predicted octanol–water partition coefficient (Wildman–Crippen LogP) is 3.33. The SMILES string of the molecule is CCC(N)c1ccc(N(C)C(C)C2CC2)cc1. The maximum absolute atomic E-state index is 6.02. The Morgan fingerprint density at radius 1 is 1.29 bits per heavy atom. The van der Waals surface area contributed by atoms with Crippen LogP contribution in [0.4, 0.5) is 5.69 Å². The highest BCUT2D eigenvalue weighted by Gasteiger charge is 2.30. The molecule has 1 aromatic carbocycles. The van der Waals surface area contributed by atoms with E-state index in [2.05, 4.69) is 50.1 Å². The molecule has 0 aromatic heterocycles. The first-order valence-electron chi connectivity index (χ1n) is 6.71. The molecular weight excluding hydrogens is 208 g/mol. The van der Waals surface area contributed by atoms with Crippen LogP contribution < -0.4 is 10.6 Å². The van der Waals surface area contributed by atoms with Crippen molar-refractivity contribution < 1.29 is 0 Å². The van der Waals surface area contributed by atoms with Crippen LogP contribution in [0.5, 0.6) is 0 Å². The molecule has 1 aromatic rings. The first kappa shape index (κ1) is 12.4. The Morgan fingerprint density at radius 2 is 1.88 bits per heavy atom. The van der Waals surface area contributed by atoms with Gasteiger partial charge in [-0.2, -0.15) is 0 Å². The van der Waals surface area contributed by atoms with Gasteiger partial charge in [0.15, 0.2) is 0 Å². The lowest BCUT2D eigenvalue weighted by Crippen LogP contribution is -2.30. The minimum atomic E-state index is 0.176. The molecule has 2 unspecified atom stereocenters. The standard InChI is InChI=1S/C15H24N2/c1-4-15(16)13-7-9-14(10-8-13)17(3)11(2)12-5-6-12/h7-12,15H,4-6,16H2,1-3H3. The summed E-state index contributed by atoms with van der Waals surface area (Å²) in [5, 5.41) is 0. The summed E-state index contributed by atoms with van der Waals surface area (Å²) in [5.74, 6) is 0.901. The van der Waals surface area contributed by atoms with Crippen molar-refractivity contribution in [3.8, 4) is 0 Å². The molecule has 2 nitrogen and oxygen atoms in total. The number of nitrogens with two attached hydrogens (primary N) is 1. The van der Waals surface area contributed by atoms with E-state index in [-0.39, 0.29) is 6.04 Å². The molecule has 17 heavy (non-hydrogen) atoms. The smallest absolute Gasteiger partial charge is 0.0366 e. The van der Waals surface area contributed by atoms with Gasteiger partial charge in [-0.3, -0.25) is 0 Å². The molecule has 2 atom stereocenters. The third kappa shape index (κ3) is 2.81. The van der Waals surface area contributed by atoms with Gasteiger partial charge in [-0.25, -0.2) is 0 Å². The van der Waals surface area contributed by atoms with Crippen molar-refractivity contribution >= 4 is 5.69 Å². The third-order valence-electron chi connectivity index (χ3n) is 4.08. The van der Waals surface area contributed by atoms with Gasteiger partial charge in [0.05, 0.1) is 0 Å². The molecule has 0 aliphatic heterocycles. The summed E-state index contributed by atoms with van der Waals surface area (Å²) in [5.41, 5.74) is 8.57. The lowest BCUT2D eigenvalue weighted by molar-refractivity contribution is 0.609. The van der Waals surface area contributed by atoms with Crippen molar-refractivity contribution in [2.24, 2.45) is 11.7 Å². The molecule has 1 saturated carbocycles. The molecule has 0 bridgehead atoms. The number of rotatable bonds is 5. The molecule has 0 amide bonds. The molecule has 1 aliphatic rings. The highest BCUT2D eigenvalue weighted by Crippen LogP contribution is 2.36. The molecule has 0 saturated heterocycles. The number of benzene rings is 1. The fraction of sp³-hybridized carbons (Fsp3) is 0.600. The molecule has 0 heterocycles. The van der Waals surface area contributed by atoms with Crippen molar-refractivity contribution in [3.63, 3.8) is 0 Å². The second-order valence-electron chi connectivity index (χ2n) is 5.30. The number of hydrogen-bond donors (Lipinski definition) is 1. The van der Waals surface area contributed by atoms with Gasteiger partial charge >= 0.3 is 0 Å². The van der Waals surface area contributed by atoms with Crippen LogP contribution in [0.15, 0.2) is 24.3 Å². The summed E-state index contributed by atoms with van der Waals surface area (Å²) in [6.07, 6.45) is 3.78. The van der Waals surface area contributed by atoms with E-state index in [1.807, 2.05) is 0 Å². The van der Waals surface area contributed by atoms with Crippen LogP contribution in [0, 0.1) is 5.92 Å². The molecule has 2 heteroatoms. The monoisotopic (exact) mass is 232 g/mol. The van der Waals surface area contributed by atoms with E-state index in [1.54, 1.807) is 0 Å². The quantitative estimate of drug-likeness (QED) is 0.843. The first-order chi connectivity index (χ1) is 8.13. The molecule has 94 valence electrons. The van der Waals surface area contributed by atoms with Gasteiger partial charge in [-0.15, -0.1) is 0 Å². The van der Waals surface area contributed by atoms with Gasteiger partial charge in [0, 0.05) is 24.8 Å². The average molecular weight is 232 g/mol. The summed E-state index contributed by atoms with van der Waals surface area (Å²) in [7, 11) is 2.19. The van der Waals surface area contributed by atoms with Crippen molar-refractivity contribution in [3.05, 3.63) is 29.8 Å². The zero-order valence-electron chi connectivity index (χ0n) is 11.2. The van der Waals surface area contributed by atoms with E-state index in [1.165, 1.54) is 24.1 Å². The fourth-order valence-electron chi connectivity index (χ4n) is 2.32. The summed E-state index contributed by atoms with van der Waals surface area (Å²) in [6, 6.07) is 9.56. The summed E-state index contributed by atoms with van der Waals surface area (Å²) in [4.78, 5) is 2.39. The van der Waals surface area contributed by atoms with Gasteiger partial charge in [-0.05, 0) is 49.8 Å². The number of anilines is 1. The molecule has 1 aliphatic carbocycles. The van der Waals surface area contributed by atoms with Crippen LogP contribution in [0.2, 0.25) is 0 Å². The minimum absolute atomic E-state index is 0.176. The van der Waals surface area contributed by atoms with Crippen molar-refractivity contribution in [1.29, 1.82) is 0 Å². The lowest BCUT2D eigenvalue weighted by Gasteiger charge is -2.27. The van der Waals surface area contributed by atoms with E-state index < -0.39 is 0 Å². The third-order valence-corrected chi connectivity index (χ3v) is 4.08. The normalized spacial score (nSPS) is 18.8. The van der Waals surface area contributed by atoms with Crippen molar-refractivity contribution in [2.45, 2.75) is 45.2 Å². The van der Waals surface area contributed by atoms with Gasteiger partial charge in [-0.1, -0.05) is 19.1 Å². The van der Waals surface area contributed by atoms with Crippen LogP contribution in [0.3, 0.4) is 0 Å². The number of hydrogen-bond acceptors (Lipinski definition) is 2. The van der Waals surface area contributed by atoms with E-state index in [0.717, 1.165) is 12.3 Å². The second-order valence-corrected chi connectivity index (χ2v) is 5.30. The maximum atomic E-state index is 6.02. The number of nitrogens with zero attached hydrogens (tertiary/aromatic N) is 1. The Labute approximate surface area is 105 Å². The van der Waals surface area contributed by atoms with Crippen LogP contribution in [0.1, 0.15) is 44.7 Å². The molecule has 2 rings (SSSR count). The van der Waals surface area contributed by atoms with Crippen LogP contribution >= 0.6 is 0 Å². The first-order valence-corrected chi connectivity index (χ1v) is 6.71. The average Bonchev–Trinajstić information content (AvgIpc) is 3.20. The van der Waals surface area contributed by atoms with E-state index in [0.29, 0.717) is 6.04 Å². The Kier molecular flexibility index (Phi) is 3.72. The molecule has 0 radical (unpaired) electrons. The molecular formula is C15H24N2. The lowest BCUT2D eigenvalue weighted by atomic mass is 10.0. The van der Waals surface area contributed by atoms with E-state index >= 15 is 0 Å². The highest BCUT2D eigenvalue weighted by atomic mass is 15.1. The summed E-state index contributed by atoms with van der Waals surface area (Å²) < 4.78 is 0. The fourth-order valence-corrected chi connectivity index (χ4v) is 2.32. The summed E-state index contributed by atoms with van der Waals surface area (Å²) >= 11 is 0.